The Morgan fingerprint density at radius 1 is 1.21 bits per heavy atom. The van der Waals surface area contributed by atoms with Crippen LogP contribution in [0.5, 0.6) is 0 Å². The normalized spacial score (nSPS) is 11.1. The number of pyridine rings is 1. The van der Waals surface area contributed by atoms with Crippen LogP contribution in [0.15, 0.2) is 39.6 Å². The molecule has 2 N–H and O–H groups in total. The fourth-order valence-electron chi connectivity index (χ4n) is 2.21. The SMILES string of the molecule is CNc1cc(F)cc2c(=O)c3cc(Br)ccc3[nH]c12. The standard InChI is InChI=1S/C14H10BrFN2O/c1-17-12-6-8(16)5-10-13(12)18-11-3-2-7(15)4-9(11)14(10)19/h2-6,17H,1H3,(H,18,19). The monoisotopic (exact) mass is 320 g/mol. The molecular weight excluding hydrogens is 311 g/mol. The largest absolute Gasteiger partial charge is 0.386 e. The zero-order chi connectivity index (χ0) is 13.6. The van der Waals surface area contributed by atoms with Crippen LogP contribution >= 0.6 is 15.9 Å². The second-order valence-electron chi connectivity index (χ2n) is 4.27. The minimum Gasteiger partial charge on any atom is -0.386 e. The lowest BCUT2D eigenvalue weighted by Crippen LogP contribution is -2.06. The number of aromatic nitrogens is 1. The average molecular weight is 321 g/mol. The summed E-state index contributed by atoms with van der Waals surface area (Å²) in [4.78, 5) is 15.6. The van der Waals surface area contributed by atoms with E-state index in [1.165, 1.54) is 12.1 Å². The van der Waals surface area contributed by atoms with Crippen molar-refractivity contribution in [3.8, 4) is 0 Å². The highest BCUT2D eigenvalue weighted by atomic mass is 79.9. The molecule has 0 bridgehead atoms. The van der Waals surface area contributed by atoms with Crippen molar-refractivity contribution in [2.24, 2.45) is 0 Å². The zero-order valence-electron chi connectivity index (χ0n) is 10.1. The van der Waals surface area contributed by atoms with Gasteiger partial charge in [-0.2, -0.15) is 0 Å². The maximum Gasteiger partial charge on any atom is 0.197 e. The van der Waals surface area contributed by atoms with Gasteiger partial charge in [0.05, 0.1) is 16.6 Å². The number of anilines is 1. The predicted octanol–water partition coefficient (Wildman–Crippen LogP) is 3.62. The minimum absolute atomic E-state index is 0.180. The van der Waals surface area contributed by atoms with Crippen LogP contribution in [0.25, 0.3) is 21.8 Å². The van der Waals surface area contributed by atoms with E-state index in [2.05, 4.69) is 26.2 Å². The lowest BCUT2D eigenvalue weighted by molar-refractivity contribution is 0.630. The van der Waals surface area contributed by atoms with Gasteiger partial charge in [-0.1, -0.05) is 15.9 Å². The van der Waals surface area contributed by atoms with Gasteiger partial charge in [-0.15, -0.1) is 0 Å². The van der Waals surface area contributed by atoms with Gasteiger partial charge in [0.25, 0.3) is 0 Å². The van der Waals surface area contributed by atoms with E-state index in [0.29, 0.717) is 22.0 Å². The second-order valence-corrected chi connectivity index (χ2v) is 5.19. The van der Waals surface area contributed by atoms with Gasteiger partial charge in [0.2, 0.25) is 0 Å². The van der Waals surface area contributed by atoms with Gasteiger partial charge in [-0.25, -0.2) is 4.39 Å². The van der Waals surface area contributed by atoms with Gasteiger partial charge in [0, 0.05) is 22.4 Å². The van der Waals surface area contributed by atoms with E-state index in [9.17, 15) is 9.18 Å². The first-order valence-electron chi connectivity index (χ1n) is 5.72. The van der Waals surface area contributed by atoms with Crippen molar-refractivity contribution in [2.75, 3.05) is 12.4 Å². The summed E-state index contributed by atoms with van der Waals surface area (Å²) in [5, 5.41) is 3.77. The van der Waals surface area contributed by atoms with Crippen LogP contribution in [0.1, 0.15) is 0 Å². The summed E-state index contributed by atoms with van der Waals surface area (Å²) < 4.78 is 14.4. The number of nitrogens with one attached hydrogen (secondary N) is 2. The van der Waals surface area contributed by atoms with Crippen molar-refractivity contribution in [1.29, 1.82) is 0 Å². The smallest absolute Gasteiger partial charge is 0.197 e. The summed E-state index contributed by atoms with van der Waals surface area (Å²) in [5.41, 5.74) is 1.73. The van der Waals surface area contributed by atoms with E-state index in [-0.39, 0.29) is 5.43 Å². The van der Waals surface area contributed by atoms with Gasteiger partial charge in [0.1, 0.15) is 5.82 Å². The summed E-state index contributed by atoms with van der Waals surface area (Å²) in [5.74, 6) is -0.434. The molecule has 0 saturated carbocycles. The van der Waals surface area contributed by atoms with Crippen molar-refractivity contribution in [1.82, 2.24) is 4.98 Å². The van der Waals surface area contributed by atoms with E-state index >= 15 is 0 Å². The molecule has 0 unspecified atom stereocenters. The van der Waals surface area contributed by atoms with Gasteiger partial charge in [0.15, 0.2) is 5.43 Å². The van der Waals surface area contributed by atoms with Crippen LogP contribution < -0.4 is 10.7 Å². The first kappa shape index (κ1) is 12.2. The molecule has 96 valence electrons. The Bertz CT molecular complexity index is 857. The third-order valence-corrected chi connectivity index (χ3v) is 3.60. The number of benzene rings is 2. The molecule has 19 heavy (non-hydrogen) atoms. The Labute approximate surface area is 116 Å². The molecule has 0 aliphatic heterocycles. The maximum atomic E-state index is 13.5. The van der Waals surface area contributed by atoms with Gasteiger partial charge >= 0.3 is 0 Å². The lowest BCUT2D eigenvalue weighted by atomic mass is 10.1. The lowest BCUT2D eigenvalue weighted by Gasteiger charge is -2.08. The van der Waals surface area contributed by atoms with Crippen molar-refractivity contribution in [2.45, 2.75) is 0 Å². The van der Waals surface area contributed by atoms with E-state index in [1.807, 2.05) is 12.1 Å². The summed E-state index contributed by atoms with van der Waals surface area (Å²) in [6.07, 6.45) is 0. The summed E-state index contributed by atoms with van der Waals surface area (Å²) >= 11 is 3.33. The van der Waals surface area contributed by atoms with E-state index in [4.69, 9.17) is 0 Å². The topological polar surface area (TPSA) is 44.9 Å². The Hall–Kier alpha value is -1.88. The third-order valence-electron chi connectivity index (χ3n) is 3.10. The minimum atomic E-state index is -0.434. The molecule has 0 spiro atoms. The van der Waals surface area contributed by atoms with Crippen LogP contribution in [-0.4, -0.2) is 12.0 Å². The first-order chi connectivity index (χ1) is 9.10. The molecule has 0 amide bonds. The van der Waals surface area contributed by atoms with Crippen LogP contribution in [0.3, 0.4) is 0 Å². The highest BCUT2D eigenvalue weighted by Gasteiger charge is 2.10. The fraction of sp³-hybridized carbons (Fsp3) is 0.0714. The van der Waals surface area contributed by atoms with Crippen LogP contribution in [0.4, 0.5) is 10.1 Å². The van der Waals surface area contributed by atoms with E-state index in [0.717, 1.165) is 9.99 Å². The number of halogens is 2. The highest BCUT2D eigenvalue weighted by Crippen LogP contribution is 2.24. The third kappa shape index (κ3) is 1.90. The quantitative estimate of drug-likeness (QED) is 0.672. The molecule has 3 rings (SSSR count). The molecule has 0 radical (unpaired) electrons. The summed E-state index contributed by atoms with van der Waals surface area (Å²) in [6, 6.07) is 8.03. The zero-order valence-corrected chi connectivity index (χ0v) is 11.6. The Morgan fingerprint density at radius 2 is 2.00 bits per heavy atom. The molecule has 3 nitrogen and oxygen atoms in total. The summed E-state index contributed by atoms with van der Waals surface area (Å²) in [7, 11) is 1.69. The van der Waals surface area contributed by atoms with E-state index in [1.54, 1.807) is 13.1 Å². The molecule has 0 aliphatic rings. The number of rotatable bonds is 1. The van der Waals surface area contributed by atoms with Crippen molar-refractivity contribution in [3.05, 3.63) is 50.8 Å². The van der Waals surface area contributed by atoms with Crippen molar-refractivity contribution >= 4 is 43.4 Å². The molecule has 0 atom stereocenters. The Kier molecular flexibility index (Phi) is 2.78. The summed E-state index contributed by atoms with van der Waals surface area (Å²) in [6.45, 7) is 0. The van der Waals surface area contributed by atoms with Crippen LogP contribution in [-0.2, 0) is 0 Å². The predicted molar refractivity (Wildman–Crippen MR) is 79.3 cm³/mol. The highest BCUT2D eigenvalue weighted by molar-refractivity contribution is 9.10. The Morgan fingerprint density at radius 3 is 2.74 bits per heavy atom. The molecule has 0 aliphatic carbocycles. The molecule has 2 aromatic carbocycles. The van der Waals surface area contributed by atoms with Gasteiger partial charge in [-0.05, 0) is 30.3 Å². The van der Waals surface area contributed by atoms with Crippen LogP contribution in [0.2, 0.25) is 0 Å². The molecule has 0 fully saturated rings. The second kappa shape index (κ2) is 4.35. The Balaban J connectivity index is 2.57. The molecular formula is C14H10BrFN2O. The van der Waals surface area contributed by atoms with Crippen LogP contribution in [0, 0.1) is 5.82 Å². The maximum absolute atomic E-state index is 13.5. The molecule has 3 aromatic rings. The van der Waals surface area contributed by atoms with E-state index < -0.39 is 5.82 Å². The molecule has 5 heteroatoms. The van der Waals surface area contributed by atoms with Gasteiger partial charge < -0.3 is 10.3 Å². The van der Waals surface area contributed by atoms with Crippen molar-refractivity contribution < 1.29 is 4.39 Å². The number of hydrogen-bond donors (Lipinski definition) is 2. The number of fused-ring (bicyclic) bond motifs is 2. The molecule has 1 heterocycles. The first-order valence-corrected chi connectivity index (χ1v) is 6.52. The number of hydrogen-bond acceptors (Lipinski definition) is 2. The van der Waals surface area contributed by atoms with Gasteiger partial charge in [-0.3, -0.25) is 4.79 Å². The average Bonchev–Trinajstić information content (AvgIpc) is 2.40. The number of H-pyrrole nitrogens is 1. The van der Waals surface area contributed by atoms with Crippen molar-refractivity contribution in [3.63, 3.8) is 0 Å². The molecule has 0 saturated heterocycles. The number of aromatic amines is 1. The fourth-order valence-corrected chi connectivity index (χ4v) is 2.57. The molecule has 1 aromatic heterocycles.